The third kappa shape index (κ3) is 5.20. The van der Waals surface area contributed by atoms with Gasteiger partial charge in [0.1, 0.15) is 11.5 Å². The molecule has 324 valence electrons. The van der Waals surface area contributed by atoms with Crippen LogP contribution in [0.5, 0.6) is 11.5 Å². The molecule has 0 unspecified atom stereocenters. The number of fused-ring (bicyclic) bond motifs is 19. The fourth-order valence-corrected chi connectivity index (χ4v) is 13.8. The topological polar surface area (TPSA) is 12.5 Å². The van der Waals surface area contributed by atoms with Crippen molar-refractivity contribution in [2.24, 2.45) is 0 Å². The maximum atomic E-state index is 7.24. The average Bonchev–Trinajstić information content (AvgIpc) is 4.00. The highest BCUT2D eigenvalue weighted by molar-refractivity contribution is 7.25. The van der Waals surface area contributed by atoms with Gasteiger partial charge in [0.05, 0.1) is 11.1 Å². The van der Waals surface area contributed by atoms with E-state index < -0.39 is 5.41 Å². The Hall–Kier alpha value is -8.24. The van der Waals surface area contributed by atoms with Crippen molar-refractivity contribution in [3.63, 3.8) is 0 Å². The largest absolute Gasteiger partial charge is 0.455 e. The third-order valence-electron chi connectivity index (χ3n) is 15.7. The summed E-state index contributed by atoms with van der Waals surface area (Å²) in [4.78, 5) is 2.49. The lowest BCUT2D eigenvalue weighted by Gasteiger charge is -2.40. The molecule has 3 aliphatic rings. The summed E-state index contributed by atoms with van der Waals surface area (Å²) in [6.07, 6.45) is 0. The van der Waals surface area contributed by atoms with Gasteiger partial charge in [0, 0.05) is 64.4 Å². The molecule has 0 atom stereocenters. The van der Waals surface area contributed by atoms with E-state index in [-0.39, 0.29) is 5.41 Å². The van der Waals surface area contributed by atoms with Gasteiger partial charge in [0.2, 0.25) is 0 Å². The van der Waals surface area contributed by atoms with Gasteiger partial charge in [-0.2, -0.15) is 0 Å². The Kier molecular flexibility index (Phi) is 7.96. The number of benzene rings is 11. The molecular formula is C66H43NOS. The average molecular weight is 898 g/mol. The van der Waals surface area contributed by atoms with Crippen LogP contribution in [0.2, 0.25) is 0 Å². The molecular weight excluding hydrogens is 855 g/mol. The van der Waals surface area contributed by atoms with Crippen LogP contribution in [0.1, 0.15) is 47.2 Å². The summed E-state index contributed by atoms with van der Waals surface area (Å²) >= 11 is 1.87. The van der Waals surface area contributed by atoms with E-state index in [4.69, 9.17) is 4.74 Å². The number of anilines is 3. The molecule has 15 rings (SSSR count). The monoisotopic (exact) mass is 897 g/mol. The molecule has 0 N–H and O–H groups in total. The second kappa shape index (κ2) is 14.1. The fraction of sp³-hybridized carbons (Fsp3) is 0.0606. The Labute approximate surface area is 405 Å². The van der Waals surface area contributed by atoms with Gasteiger partial charge in [-0.25, -0.2) is 0 Å². The van der Waals surface area contributed by atoms with Crippen LogP contribution < -0.4 is 9.64 Å². The molecule has 1 aliphatic heterocycles. The lowest BCUT2D eigenvalue weighted by molar-refractivity contribution is 0.447. The van der Waals surface area contributed by atoms with Gasteiger partial charge in [0.15, 0.2) is 0 Å². The summed E-state index contributed by atoms with van der Waals surface area (Å²) < 4.78 is 9.83. The zero-order valence-electron chi connectivity index (χ0n) is 38.1. The molecule has 0 bridgehead atoms. The van der Waals surface area contributed by atoms with Crippen LogP contribution in [0.15, 0.2) is 224 Å². The Morgan fingerprint density at radius 1 is 0.377 bits per heavy atom. The van der Waals surface area contributed by atoms with E-state index in [0.717, 1.165) is 33.6 Å². The highest BCUT2D eigenvalue weighted by atomic mass is 32.1. The zero-order chi connectivity index (χ0) is 45.6. The predicted molar refractivity (Wildman–Crippen MR) is 289 cm³/mol. The van der Waals surface area contributed by atoms with Gasteiger partial charge < -0.3 is 9.64 Å². The normalized spacial score (nSPS) is 14.3. The van der Waals surface area contributed by atoms with Crippen molar-refractivity contribution >= 4 is 70.1 Å². The molecule has 2 nitrogen and oxygen atoms in total. The van der Waals surface area contributed by atoms with Crippen molar-refractivity contribution in [3.05, 3.63) is 258 Å². The van der Waals surface area contributed by atoms with Crippen LogP contribution in [0.3, 0.4) is 0 Å². The first kappa shape index (κ1) is 38.8. The van der Waals surface area contributed by atoms with Gasteiger partial charge in [-0.05, 0) is 97.2 Å². The summed E-state index contributed by atoms with van der Waals surface area (Å²) in [5, 5.41) is 7.19. The van der Waals surface area contributed by atoms with Crippen LogP contribution in [-0.4, -0.2) is 0 Å². The summed E-state index contributed by atoms with van der Waals surface area (Å²) in [6.45, 7) is 4.73. The molecule has 0 fully saturated rings. The second-order valence-corrected chi connectivity index (χ2v) is 20.6. The molecule has 0 radical (unpaired) electrons. The van der Waals surface area contributed by atoms with Crippen molar-refractivity contribution in [1.29, 1.82) is 0 Å². The Morgan fingerprint density at radius 2 is 0.928 bits per heavy atom. The van der Waals surface area contributed by atoms with Crippen LogP contribution >= 0.6 is 11.3 Å². The highest BCUT2D eigenvalue weighted by Gasteiger charge is 2.52. The van der Waals surface area contributed by atoms with E-state index in [1.165, 1.54) is 103 Å². The minimum atomic E-state index is -0.612. The van der Waals surface area contributed by atoms with Gasteiger partial charge in [-0.3, -0.25) is 0 Å². The quantitative estimate of drug-likeness (QED) is 0.175. The number of thiophene rings is 1. The summed E-state index contributed by atoms with van der Waals surface area (Å²) in [7, 11) is 0. The Morgan fingerprint density at radius 3 is 1.67 bits per heavy atom. The molecule has 12 aromatic rings. The molecule has 0 saturated carbocycles. The molecule has 2 heterocycles. The second-order valence-electron chi connectivity index (χ2n) is 19.5. The van der Waals surface area contributed by atoms with E-state index >= 15 is 0 Å². The molecule has 11 aromatic carbocycles. The first-order chi connectivity index (χ1) is 34.0. The Bertz CT molecular complexity index is 4070. The van der Waals surface area contributed by atoms with Crippen LogP contribution in [0.4, 0.5) is 17.1 Å². The number of hydrogen-bond acceptors (Lipinski definition) is 3. The molecule has 2 aliphatic carbocycles. The highest BCUT2D eigenvalue weighted by Crippen LogP contribution is 2.65. The fourth-order valence-electron chi connectivity index (χ4n) is 12.7. The van der Waals surface area contributed by atoms with E-state index in [9.17, 15) is 0 Å². The van der Waals surface area contributed by atoms with Crippen molar-refractivity contribution in [2.75, 3.05) is 4.90 Å². The van der Waals surface area contributed by atoms with Gasteiger partial charge in [0.25, 0.3) is 0 Å². The van der Waals surface area contributed by atoms with E-state index in [0.29, 0.717) is 0 Å². The lowest BCUT2D eigenvalue weighted by atomic mass is 9.65. The molecule has 1 aromatic heterocycles. The summed E-state index contributed by atoms with van der Waals surface area (Å²) in [6, 6.07) is 83.6. The SMILES string of the molecule is CC1(C)c2ccccc2-c2c(N(c3ccc(-c4cccc5c4-c4ccccc4C54c5ccc6ccccc6c5Oc5c4ccc4ccccc54)cc3)c3ccc4c(c3)sc3ccccc34)cccc21. The number of nitrogens with zero attached hydrogens (tertiary/aromatic N) is 1. The minimum absolute atomic E-state index is 0.125. The van der Waals surface area contributed by atoms with Crippen LogP contribution in [-0.2, 0) is 10.8 Å². The third-order valence-corrected chi connectivity index (χ3v) is 16.9. The van der Waals surface area contributed by atoms with E-state index in [1.54, 1.807) is 0 Å². The molecule has 1 spiro atoms. The number of ether oxygens (including phenoxy) is 1. The predicted octanol–water partition coefficient (Wildman–Crippen LogP) is 18.3. The number of hydrogen-bond donors (Lipinski definition) is 0. The van der Waals surface area contributed by atoms with Gasteiger partial charge in [-0.1, -0.05) is 202 Å². The lowest BCUT2D eigenvalue weighted by Crippen LogP contribution is -2.32. The van der Waals surface area contributed by atoms with Crippen molar-refractivity contribution < 1.29 is 4.74 Å². The minimum Gasteiger partial charge on any atom is -0.455 e. The smallest absolute Gasteiger partial charge is 0.140 e. The molecule has 3 heteroatoms. The maximum Gasteiger partial charge on any atom is 0.140 e. The standard InChI is InChI=1S/C66H43NOS/c1-65(2)52-23-10-7-20-50(52)62-54(65)25-14-27-58(62)67(44-35-36-49-48-19-9-12-28-59(48)69-60(49)39-44)43-33-29-42(30-34-43)45-22-13-26-55-61(45)51-21-8-11-24-53(51)66(55)56-37-31-40-15-3-5-17-46(40)63(56)68-64-47-18-6-4-16-41(47)32-38-57(64)66/h3-39H,1-2H3. The van der Waals surface area contributed by atoms with Crippen LogP contribution in [0.25, 0.3) is 75.1 Å². The van der Waals surface area contributed by atoms with E-state index in [1.807, 2.05) is 11.3 Å². The summed E-state index contributed by atoms with van der Waals surface area (Å²) in [5.74, 6) is 1.86. The first-order valence-corrected chi connectivity index (χ1v) is 24.8. The zero-order valence-corrected chi connectivity index (χ0v) is 38.9. The van der Waals surface area contributed by atoms with Gasteiger partial charge in [-0.15, -0.1) is 11.3 Å². The van der Waals surface area contributed by atoms with Crippen LogP contribution in [0, 0.1) is 0 Å². The Balaban J connectivity index is 0.944. The molecule has 69 heavy (non-hydrogen) atoms. The molecule has 0 saturated heterocycles. The van der Waals surface area contributed by atoms with Crippen molar-refractivity contribution in [2.45, 2.75) is 24.7 Å². The number of rotatable bonds is 4. The van der Waals surface area contributed by atoms with Crippen molar-refractivity contribution in [1.82, 2.24) is 0 Å². The van der Waals surface area contributed by atoms with Gasteiger partial charge >= 0.3 is 0 Å². The van der Waals surface area contributed by atoms with E-state index in [2.05, 4.69) is 243 Å². The van der Waals surface area contributed by atoms with Crippen molar-refractivity contribution in [3.8, 4) is 44.9 Å². The molecule has 0 amide bonds. The maximum absolute atomic E-state index is 7.24. The first-order valence-electron chi connectivity index (χ1n) is 24.0. The summed E-state index contributed by atoms with van der Waals surface area (Å²) in [5.41, 5.74) is 17.9.